The van der Waals surface area contributed by atoms with Gasteiger partial charge >= 0.3 is 0 Å². The van der Waals surface area contributed by atoms with Crippen LogP contribution in [0.3, 0.4) is 0 Å². The monoisotopic (exact) mass is 364 g/mol. The van der Waals surface area contributed by atoms with E-state index in [1.54, 1.807) is 18.2 Å². The van der Waals surface area contributed by atoms with Crippen LogP contribution in [-0.4, -0.2) is 35.6 Å². The van der Waals surface area contributed by atoms with E-state index in [-0.39, 0.29) is 6.04 Å². The number of halogens is 2. The second-order valence-corrected chi connectivity index (χ2v) is 6.90. The van der Waals surface area contributed by atoms with Gasteiger partial charge in [0.05, 0.1) is 21.8 Å². The van der Waals surface area contributed by atoms with Crippen molar-refractivity contribution in [2.24, 2.45) is 0 Å². The number of piperazine rings is 1. The average Bonchev–Trinajstić information content (AvgIpc) is 2.58. The Morgan fingerprint density at radius 3 is 2.75 bits per heavy atom. The SMILES string of the molecule is CC(C)N1CC[N]C(c2cccc(Oc3ccc(Cl)c(Cl)c3)n2)C1. The quantitative estimate of drug-likeness (QED) is 0.798. The molecule has 4 nitrogen and oxygen atoms in total. The molecule has 3 rings (SSSR count). The van der Waals surface area contributed by atoms with E-state index in [1.807, 2.05) is 18.2 Å². The molecule has 0 amide bonds. The van der Waals surface area contributed by atoms with E-state index < -0.39 is 0 Å². The summed E-state index contributed by atoms with van der Waals surface area (Å²) >= 11 is 12.0. The smallest absolute Gasteiger partial charge is 0.219 e. The molecule has 1 fully saturated rings. The Kier molecular flexibility index (Phi) is 5.61. The third-order valence-corrected chi connectivity index (χ3v) is 4.81. The zero-order chi connectivity index (χ0) is 17.1. The van der Waals surface area contributed by atoms with E-state index in [0.29, 0.717) is 27.7 Å². The predicted molar refractivity (Wildman–Crippen MR) is 97.2 cm³/mol. The highest BCUT2D eigenvalue weighted by molar-refractivity contribution is 6.42. The lowest BCUT2D eigenvalue weighted by molar-refractivity contribution is 0.158. The van der Waals surface area contributed by atoms with Gasteiger partial charge in [0.2, 0.25) is 5.88 Å². The minimum Gasteiger partial charge on any atom is -0.439 e. The number of benzene rings is 1. The van der Waals surface area contributed by atoms with Gasteiger partial charge in [-0.2, -0.15) is 0 Å². The van der Waals surface area contributed by atoms with Crippen molar-refractivity contribution in [3.63, 3.8) is 0 Å². The van der Waals surface area contributed by atoms with Crippen molar-refractivity contribution in [1.29, 1.82) is 0 Å². The standard InChI is InChI=1S/C18H20Cl2N3O/c1-12(2)23-9-8-21-17(11-23)16-4-3-5-18(22-16)24-13-6-7-14(19)15(20)10-13/h3-7,10,12,17H,8-9,11H2,1-2H3. The molecule has 0 bridgehead atoms. The van der Waals surface area contributed by atoms with Crippen LogP contribution in [-0.2, 0) is 0 Å². The fourth-order valence-electron chi connectivity index (χ4n) is 2.70. The van der Waals surface area contributed by atoms with Crippen LogP contribution in [0, 0.1) is 0 Å². The van der Waals surface area contributed by atoms with Crippen LogP contribution in [0.5, 0.6) is 11.6 Å². The van der Waals surface area contributed by atoms with E-state index in [0.717, 1.165) is 25.3 Å². The van der Waals surface area contributed by atoms with E-state index in [2.05, 4.69) is 23.7 Å². The topological polar surface area (TPSA) is 39.5 Å². The molecule has 24 heavy (non-hydrogen) atoms. The highest BCUT2D eigenvalue weighted by Gasteiger charge is 2.24. The van der Waals surface area contributed by atoms with E-state index in [9.17, 15) is 0 Å². The van der Waals surface area contributed by atoms with Crippen LogP contribution in [0.2, 0.25) is 10.0 Å². The van der Waals surface area contributed by atoms with Crippen LogP contribution >= 0.6 is 23.2 Å². The summed E-state index contributed by atoms with van der Waals surface area (Å²) in [6.45, 7) is 7.15. The normalized spacial score (nSPS) is 18.8. The molecule has 0 saturated carbocycles. The molecule has 2 aromatic rings. The zero-order valence-corrected chi connectivity index (χ0v) is 15.3. The maximum Gasteiger partial charge on any atom is 0.219 e. The number of ether oxygens (including phenoxy) is 1. The first-order valence-corrected chi connectivity index (χ1v) is 8.79. The van der Waals surface area contributed by atoms with E-state index in [1.165, 1.54) is 0 Å². The maximum atomic E-state index is 6.03. The van der Waals surface area contributed by atoms with Gasteiger partial charge in [0, 0.05) is 37.8 Å². The lowest BCUT2D eigenvalue weighted by atomic mass is 10.1. The Labute approximate surface area is 152 Å². The molecular formula is C18H20Cl2N3O. The van der Waals surface area contributed by atoms with Gasteiger partial charge in [-0.15, -0.1) is 0 Å². The van der Waals surface area contributed by atoms with Crippen LogP contribution < -0.4 is 10.1 Å². The van der Waals surface area contributed by atoms with Gasteiger partial charge in [0.15, 0.2) is 0 Å². The Morgan fingerprint density at radius 2 is 2.00 bits per heavy atom. The Morgan fingerprint density at radius 1 is 1.17 bits per heavy atom. The molecule has 1 unspecified atom stereocenters. The molecule has 1 radical (unpaired) electrons. The second kappa shape index (κ2) is 7.70. The number of hydrogen-bond donors (Lipinski definition) is 0. The van der Waals surface area contributed by atoms with Crippen molar-refractivity contribution in [2.75, 3.05) is 19.6 Å². The first kappa shape index (κ1) is 17.5. The minimum absolute atomic E-state index is 0.0819. The third kappa shape index (κ3) is 4.19. The molecule has 1 aliphatic rings. The van der Waals surface area contributed by atoms with Gasteiger partial charge in [0.1, 0.15) is 5.75 Å². The van der Waals surface area contributed by atoms with Crippen LogP contribution in [0.25, 0.3) is 0 Å². The summed E-state index contributed by atoms with van der Waals surface area (Å²) in [7, 11) is 0. The second-order valence-electron chi connectivity index (χ2n) is 6.09. The molecule has 1 aromatic carbocycles. The fourth-order valence-corrected chi connectivity index (χ4v) is 2.99. The molecule has 0 N–H and O–H groups in total. The Bertz CT molecular complexity index is 708. The molecule has 0 aliphatic carbocycles. The van der Waals surface area contributed by atoms with Gasteiger partial charge < -0.3 is 4.74 Å². The van der Waals surface area contributed by atoms with E-state index >= 15 is 0 Å². The Hall–Kier alpha value is -1.33. The van der Waals surface area contributed by atoms with Gasteiger partial charge in [0.25, 0.3) is 0 Å². The number of aromatic nitrogens is 1. The average molecular weight is 365 g/mol. The van der Waals surface area contributed by atoms with Crippen molar-refractivity contribution < 1.29 is 4.74 Å². The molecule has 1 atom stereocenters. The molecule has 1 saturated heterocycles. The molecule has 0 spiro atoms. The number of rotatable bonds is 4. The van der Waals surface area contributed by atoms with Crippen LogP contribution in [0.4, 0.5) is 0 Å². The van der Waals surface area contributed by atoms with E-state index in [4.69, 9.17) is 33.3 Å². The first-order valence-electron chi connectivity index (χ1n) is 8.03. The summed E-state index contributed by atoms with van der Waals surface area (Å²) in [5, 5.41) is 5.67. The maximum absolute atomic E-state index is 6.03. The highest BCUT2D eigenvalue weighted by atomic mass is 35.5. The van der Waals surface area contributed by atoms with Gasteiger partial charge in [-0.1, -0.05) is 29.3 Å². The number of pyridine rings is 1. The predicted octanol–water partition coefficient (Wildman–Crippen LogP) is 4.55. The lowest BCUT2D eigenvalue weighted by Gasteiger charge is -2.34. The summed E-state index contributed by atoms with van der Waals surface area (Å²) in [6, 6.07) is 11.5. The largest absolute Gasteiger partial charge is 0.439 e. The molecule has 127 valence electrons. The van der Waals surface area contributed by atoms with Crippen LogP contribution in [0.1, 0.15) is 25.6 Å². The zero-order valence-electron chi connectivity index (χ0n) is 13.7. The van der Waals surface area contributed by atoms with Gasteiger partial charge in [-0.25, -0.2) is 10.3 Å². The molecule has 6 heteroatoms. The summed E-state index contributed by atoms with van der Waals surface area (Å²) in [5.74, 6) is 1.14. The summed E-state index contributed by atoms with van der Waals surface area (Å²) in [6.07, 6.45) is 0. The number of hydrogen-bond acceptors (Lipinski definition) is 3. The number of nitrogens with zero attached hydrogens (tertiary/aromatic N) is 3. The van der Waals surface area contributed by atoms with Crippen molar-refractivity contribution in [3.05, 3.63) is 52.1 Å². The molecular weight excluding hydrogens is 345 g/mol. The third-order valence-electron chi connectivity index (χ3n) is 4.07. The summed E-state index contributed by atoms with van der Waals surface area (Å²) in [4.78, 5) is 7.04. The van der Waals surface area contributed by atoms with Crippen molar-refractivity contribution in [2.45, 2.75) is 25.9 Å². The molecule has 1 aromatic heterocycles. The molecule has 2 heterocycles. The lowest BCUT2D eigenvalue weighted by Crippen LogP contribution is -2.45. The van der Waals surface area contributed by atoms with Gasteiger partial charge in [-0.3, -0.25) is 4.90 Å². The fraction of sp³-hybridized carbons (Fsp3) is 0.389. The first-order chi connectivity index (χ1) is 11.5. The van der Waals surface area contributed by atoms with Crippen molar-refractivity contribution in [1.82, 2.24) is 15.2 Å². The van der Waals surface area contributed by atoms with Crippen molar-refractivity contribution in [3.8, 4) is 11.6 Å². The molecule has 1 aliphatic heterocycles. The highest BCUT2D eigenvalue weighted by Crippen LogP contribution is 2.29. The van der Waals surface area contributed by atoms with Crippen molar-refractivity contribution >= 4 is 23.2 Å². The minimum atomic E-state index is 0.0819. The summed E-state index contributed by atoms with van der Waals surface area (Å²) < 4.78 is 5.81. The Balaban J connectivity index is 1.75. The summed E-state index contributed by atoms with van der Waals surface area (Å²) in [5.41, 5.74) is 0.929. The van der Waals surface area contributed by atoms with Crippen LogP contribution in [0.15, 0.2) is 36.4 Å². The van der Waals surface area contributed by atoms with Gasteiger partial charge in [-0.05, 0) is 32.0 Å².